The molecule has 0 aromatic rings. The van der Waals surface area contributed by atoms with Crippen molar-refractivity contribution in [2.75, 3.05) is 11.5 Å². The zero-order valence-corrected chi connectivity index (χ0v) is 37.2. The Morgan fingerprint density at radius 3 is 0.412 bits per heavy atom. The maximum Gasteiger partial charge on any atom is -0.00675 e. The summed E-state index contributed by atoms with van der Waals surface area (Å²) in [6, 6.07) is 0. The van der Waals surface area contributed by atoms with Gasteiger partial charge in [0.05, 0.1) is 0 Å². The molecule has 0 nitrogen and oxygen atoms in total. The van der Waals surface area contributed by atoms with E-state index in [1.54, 1.807) is 0 Å². The highest BCUT2D eigenvalue weighted by Crippen LogP contribution is 2.18. The van der Waals surface area contributed by atoms with Crippen molar-refractivity contribution in [2.24, 2.45) is 0 Å². The second kappa shape index (κ2) is 50.4. The average molecular weight is 735 g/mol. The van der Waals surface area contributed by atoms with Crippen molar-refractivity contribution >= 4 is 11.8 Å². The molecule has 0 radical (unpaired) electrons. The molecule has 1 heteroatoms. The number of rotatable bonds is 48. The largest absolute Gasteiger partial charge is 0.162 e. The van der Waals surface area contributed by atoms with Crippen LogP contribution in [0.25, 0.3) is 0 Å². The van der Waals surface area contributed by atoms with E-state index in [2.05, 4.69) is 25.6 Å². The first kappa shape index (κ1) is 51.4. The summed E-state index contributed by atoms with van der Waals surface area (Å²) in [5.41, 5.74) is 0. The van der Waals surface area contributed by atoms with Crippen LogP contribution in [-0.4, -0.2) is 11.5 Å². The Balaban J connectivity index is 3.04. The molecule has 0 aliphatic heterocycles. The summed E-state index contributed by atoms with van der Waals surface area (Å²) in [5, 5.41) is 0. The number of hydrogen-bond donors (Lipinski definition) is 0. The van der Waals surface area contributed by atoms with E-state index >= 15 is 0 Å². The number of hydrogen-bond acceptors (Lipinski definition) is 1. The first-order valence-corrected chi connectivity index (χ1v) is 26.1. The molecule has 51 heavy (non-hydrogen) atoms. The fourth-order valence-corrected chi connectivity index (χ4v) is 9.10. The van der Waals surface area contributed by atoms with Gasteiger partial charge in [-0.25, -0.2) is 0 Å². The van der Waals surface area contributed by atoms with Crippen LogP contribution in [0, 0.1) is 0 Å². The van der Waals surface area contributed by atoms with Crippen molar-refractivity contribution in [3.63, 3.8) is 0 Å². The van der Waals surface area contributed by atoms with E-state index in [9.17, 15) is 0 Å². The van der Waals surface area contributed by atoms with Crippen molar-refractivity contribution < 1.29 is 0 Å². The van der Waals surface area contributed by atoms with E-state index in [0.717, 1.165) is 0 Å². The Bertz CT molecular complexity index is 509. The molecule has 0 atom stereocenters. The molecule has 0 bridgehead atoms. The van der Waals surface area contributed by atoms with E-state index in [1.807, 2.05) is 0 Å². The normalized spacial score (nSPS) is 11.6. The van der Waals surface area contributed by atoms with Gasteiger partial charge in [0, 0.05) is 0 Å². The highest BCUT2D eigenvalue weighted by Gasteiger charge is 1.99. The molecule has 0 spiro atoms. The quantitative estimate of drug-likeness (QED) is 0.0561. The fraction of sp³-hybridized carbons (Fsp3) is 1.00. The highest BCUT2D eigenvalue weighted by atomic mass is 32.2. The second-order valence-corrected chi connectivity index (χ2v) is 18.4. The van der Waals surface area contributed by atoms with Gasteiger partial charge in [0.25, 0.3) is 0 Å². The molecule has 0 saturated carbocycles. The average Bonchev–Trinajstić information content (AvgIpc) is 3.14. The standard InChI is InChI=1S/C50H102S/c1-3-5-7-9-11-13-15-17-19-21-23-25-26-27-28-29-30-32-34-36-38-40-42-44-46-48-50-51-49-47-45-43-41-39-37-35-33-31-24-22-20-18-16-14-12-10-8-6-4-2/h3-50H2,1-2H3. The lowest BCUT2D eigenvalue weighted by Gasteiger charge is -2.05. The molecule has 308 valence electrons. The molecule has 0 rings (SSSR count). The molecule has 0 heterocycles. The third-order valence-electron chi connectivity index (χ3n) is 11.8. The van der Waals surface area contributed by atoms with Gasteiger partial charge in [0.2, 0.25) is 0 Å². The minimum atomic E-state index is 1.37. The predicted octanol–water partition coefficient (Wildman–Crippen LogP) is 19.7. The zero-order valence-electron chi connectivity index (χ0n) is 36.3. The maximum atomic E-state index is 2.31. The Kier molecular flexibility index (Phi) is 50.7. The van der Waals surface area contributed by atoms with Crippen LogP contribution < -0.4 is 0 Å². The highest BCUT2D eigenvalue weighted by molar-refractivity contribution is 7.99. The Labute approximate surface area is 331 Å². The first-order valence-electron chi connectivity index (χ1n) is 25.0. The van der Waals surface area contributed by atoms with Gasteiger partial charge in [-0.1, -0.05) is 296 Å². The van der Waals surface area contributed by atoms with Crippen LogP contribution in [0.1, 0.15) is 309 Å². The summed E-state index contributed by atoms with van der Waals surface area (Å²) >= 11 is 2.24. The third-order valence-corrected chi connectivity index (χ3v) is 12.9. The molecular formula is C50H102S. The molecule has 0 aromatic carbocycles. The SMILES string of the molecule is CCCCCCCCCCCCCCCCCCCCCCCCCCCCSCCCCCCCCCCCCCCCCCCCCCC. The van der Waals surface area contributed by atoms with Gasteiger partial charge in [0.1, 0.15) is 0 Å². The van der Waals surface area contributed by atoms with E-state index in [-0.39, 0.29) is 0 Å². The van der Waals surface area contributed by atoms with Crippen LogP contribution in [-0.2, 0) is 0 Å². The van der Waals surface area contributed by atoms with Gasteiger partial charge in [-0.15, -0.1) is 0 Å². The van der Waals surface area contributed by atoms with Gasteiger partial charge < -0.3 is 0 Å². The Morgan fingerprint density at radius 1 is 0.157 bits per heavy atom. The predicted molar refractivity (Wildman–Crippen MR) is 241 cm³/mol. The van der Waals surface area contributed by atoms with Crippen LogP contribution in [0.3, 0.4) is 0 Å². The summed E-state index contributed by atoms with van der Waals surface area (Å²) in [6.07, 6.45) is 68.1. The number of unbranched alkanes of at least 4 members (excludes halogenated alkanes) is 44. The van der Waals surface area contributed by atoms with Crippen LogP contribution in [0.15, 0.2) is 0 Å². The van der Waals surface area contributed by atoms with Crippen LogP contribution in [0.5, 0.6) is 0 Å². The summed E-state index contributed by atoms with van der Waals surface area (Å²) in [4.78, 5) is 0. The van der Waals surface area contributed by atoms with Crippen molar-refractivity contribution in [3.05, 3.63) is 0 Å². The smallest absolute Gasteiger partial charge is 0.00675 e. The second-order valence-electron chi connectivity index (χ2n) is 17.2. The van der Waals surface area contributed by atoms with E-state index in [1.165, 1.54) is 307 Å². The summed E-state index contributed by atoms with van der Waals surface area (Å²) in [5.74, 6) is 2.83. The molecule has 0 fully saturated rings. The minimum Gasteiger partial charge on any atom is -0.162 e. The van der Waals surface area contributed by atoms with E-state index in [0.29, 0.717) is 0 Å². The van der Waals surface area contributed by atoms with Gasteiger partial charge in [0.15, 0.2) is 0 Å². The minimum absolute atomic E-state index is 1.37. The van der Waals surface area contributed by atoms with Gasteiger partial charge in [-0.3, -0.25) is 0 Å². The lowest BCUT2D eigenvalue weighted by Crippen LogP contribution is -1.87. The van der Waals surface area contributed by atoms with Crippen molar-refractivity contribution in [1.29, 1.82) is 0 Å². The van der Waals surface area contributed by atoms with E-state index < -0.39 is 0 Å². The van der Waals surface area contributed by atoms with Crippen LogP contribution >= 0.6 is 11.8 Å². The van der Waals surface area contributed by atoms with Crippen LogP contribution in [0.2, 0.25) is 0 Å². The van der Waals surface area contributed by atoms with Gasteiger partial charge in [-0.2, -0.15) is 11.8 Å². The summed E-state index contributed by atoms with van der Waals surface area (Å²) in [7, 11) is 0. The molecule has 0 saturated heterocycles. The first-order chi connectivity index (χ1) is 25.4. The third kappa shape index (κ3) is 50.3. The van der Waals surface area contributed by atoms with Crippen molar-refractivity contribution in [3.8, 4) is 0 Å². The van der Waals surface area contributed by atoms with Crippen LogP contribution in [0.4, 0.5) is 0 Å². The van der Waals surface area contributed by atoms with E-state index in [4.69, 9.17) is 0 Å². The fourth-order valence-electron chi connectivity index (χ4n) is 8.08. The molecule has 0 aliphatic carbocycles. The molecular weight excluding hydrogens is 633 g/mol. The zero-order chi connectivity index (χ0) is 36.6. The Morgan fingerprint density at radius 2 is 0.275 bits per heavy atom. The lowest BCUT2D eigenvalue weighted by atomic mass is 10.0. The topological polar surface area (TPSA) is 0 Å². The summed E-state index contributed by atoms with van der Waals surface area (Å²) < 4.78 is 0. The molecule has 0 N–H and O–H groups in total. The molecule has 0 aliphatic rings. The molecule has 0 unspecified atom stereocenters. The molecule has 0 aromatic heterocycles. The maximum absolute atomic E-state index is 2.31. The van der Waals surface area contributed by atoms with Gasteiger partial charge in [-0.05, 0) is 24.3 Å². The monoisotopic (exact) mass is 735 g/mol. The molecule has 0 amide bonds. The van der Waals surface area contributed by atoms with Crippen molar-refractivity contribution in [1.82, 2.24) is 0 Å². The lowest BCUT2D eigenvalue weighted by molar-refractivity contribution is 0.516. The Hall–Kier alpha value is 0.350. The van der Waals surface area contributed by atoms with Gasteiger partial charge >= 0.3 is 0 Å². The number of thioether (sulfide) groups is 1. The van der Waals surface area contributed by atoms with Crippen molar-refractivity contribution in [2.45, 2.75) is 309 Å². The summed E-state index contributed by atoms with van der Waals surface area (Å²) in [6.45, 7) is 4.62.